The summed E-state index contributed by atoms with van der Waals surface area (Å²) < 4.78 is 6.14. The maximum atomic E-state index is 10.0. The Morgan fingerprint density at radius 3 is 2.33 bits per heavy atom. The van der Waals surface area contributed by atoms with E-state index >= 15 is 0 Å². The molecule has 4 atom stereocenters. The predicted molar refractivity (Wildman–Crippen MR) is 131 cm³/mol. The fourth-order valence-corrected chi connectivity index (χ4v) is 5.55. The van der Waals surface area contributed by atoms with Gasteiger partial charge in [0.15, 0.2) is 0 Å². The van der Waals surface area contributed by atoms with Crippen LogP contribution in [0.25, 0.3) is 0 Å². The maximum Gasteiger partial charge on any atom is 0.119 e. The van der Waals surface area contributed by atoms with Gasteiger partial charge in [0.05, 0.1) is 0 Å². The second-order valence-electron chi connectivity index (χ2n) is 9.88. The number of hydrogen-bond acceptors (Lipinski definition) is 4. The largest absolute Gasteiger partial charge is 0.508 e. The van der Waals surface area contributed by atoms with Gasteiger partial charge in [-0.3, -0.25) is 4.90 Å². The molecule has 0 aromatic heterocycles. The molecule has 3 aromatic rings. The lowest BCUT2D eigenvalue weighted by Gasteiger charge is -2.24. The zero-order valence-corrected chi connectivity index (χ0v) is 19.4. The molecule has 1 fully saturated rings. The van der Waals surface area contributed by atoms with Crippen LogP contribution in [0.2, 0.25) is 0 Å². The molecule has 1 saturated heterocycles. The van der Waals surface area contributed by atoms with E-state index in [-0.39, 0.29) is 17.6 Å². The van der Waals surface area contributed by atoms with E-state index < -0.39 is 0 Å². The van der Waals surface area contributed by atoms with Crippen molar-refractivity contribution >= 4 is 0 Å². The van der Waals surface area contributed by atoms with E-state index in [1.807, 2.05) is 18.2 Å². The maximum absolute atomic E-state index is 10.0. The minimum absolute atomic E-state index is 0.198. The minimum atomic E-state index is 0.198. The molecule has 1 heterocycles. The molecule has 0 radical (unpaired) electrons. The number of fused-ring (bicyclic) bond motifs is 1. The Labute approximate surface area is 196 Å². The molecule has 5 rings (SSSR count). The van der Waals surface area contributed by atoms with Gasteiger partial charge in [0.2, 0.25) is 0 Å². The van der Waals surface area contributed by atoms with Crippen molar-refractivity contribution in [3.63, 3.8) is 0 Å². The van der Waals surface area contributed by atoms with Crippen LogP contribution in [0.4, 0.5) is 0 Å². The van der Waals surface area contributed by atoms with Crippen LogP contribution in [0.5, 0.6) is 17.2 Å². The van der Waals surface area contributed by atoms with Crippen molar-refractivity contribution in [2.24, 2.45) is 5.92 Å². The van der Waals surface area contributed by atoms with E-state index in [2.05, 4.69) is 49.1 Å². The number of phenolic OH excluding ortho intramolecular Hbond substituents is 2. The molecule has 1 aliphatic carbocycles. The number of likely N-dealkylation sites (tertiary alicyclic amines) is 1. The van der Waals surface area contributed by atoms with Crippen molar-refractivity contribution in [1.29, 1.82) is 0 Å². The monoisotopic (exact) mass is 443 g/mol. The highest BCUT2D eigenvalue weighted by atomic mass is 16.5. The van der Waals surface area contributed by atoms with Gasteiger partial charge in [-0.15, -0.1) is 0 Å². The van der Waals surface area contributed by atoms with E-state index in [9.17, 15) is 10.2 Å². The van der Waals surface area contributed by atoms with Gasteiger partial charge in [-0.05, 0) is 96.8 Å². The average Bonchev–Trinajstić information content (AvgIpc) is 3.42. The summed E-state index contributed by atoms with van der Waals surface area (Å²) in [6.07, 6.45) is 2.14. The first-order chi connectivity index (χ1) is 16.0. The van der Waals surface area contributed by atoms with E-state index in [4.69, 9.17) is 4.74 Å². The molecular weight excluding hydrogens is 410 g/mol. The molecule has 2 unspecified atom stereocenters. The fraction of sp³-hybridized carbons (Fsp3) is 0.379. The number of ether oxygens (including phenoxy) is 1. The fourth-order valence-electron chi connectivity index (χ4n) is 5.55. The standard InChI is InChI=1S/C29H33NO3/c1-19-13-14-30(17-19)20(2)18-33-26-10-5-22(6-11-26)29-27-12-9-25(32)15-23(27)16-28(29)21-3-7-24(31)8-4-21/h3-12,15,19-20,28-29,31-32H,13-14,16-18H2,1-2H3/t19-,20+,28?,29?/m1/s1. The lowest BCUT2D eigenvalue weighted by Crippen LogP contribution is -2.35. The summed E-state index contributed by atoms with van der Waals surface area (Å²) >= 11 is 0. The third-order valence-electron chi connectivity index (χ3n) is 7.43. The summed E-state index contributed by atoms with van der Waals surface area (Å²) in [6.45, 7) is 7.60. The van der Waals surface area contributed by atoms with Gasteiger partial charge in [-0.1, -0.05) is 37.3 Å². The average molecular weight is 444 g/mol. The molecule has 0 bridgehead atoms. The molecule has 33 heavy (non-hydrogen) atoms. The summed E-state index contributed by atoms with van der Waals surface area (Å²) in [6, 6.07) is 22.2. The summed E-state index contributed by atoms with van der Waals surface area (Å²) in [4.78, 5) is 2.52. The Kier molecular flexibility index (Phi) is 6.03. The minimum Gasteiger partial charge on any atom is -0.508 e. The first kappa shape index (κ1) is 21.8. The molecule has 4 heteroatoms. The Hall–Kier alpha value is -2.98. The highest BCUT2D eigenvalue weighted by Gasteiger charge is 2.35. The van der Waals surface area contributed by atoms with Gasteiger partial charge < -0.3 is 14.9 Å². The van der Waals surface area contributed by atoms with Crippen molar-refractivity contribution < 1.29 is 14.9 Å². The molecule has 3 aromatic carbocycles. The Morgan fingerprint density at radius 2 is 1.64 bits per heavy atom. The molecule has 172 valence electrons. The van der Waals surface area contributed by atoms with Gasteiger partial charge in [-0.2, -0.15) is 0 Å². The Balaban J connectivity index is 1.35. The lowest BCUT2D eigenvalue weighted by atomic mass is 9.82. The van der Waals surface area contributed by atoms with Gasteiger partial charge in [0.25, 0.3) is 0 Å². The van der Waals surface area contributed by atoms with Crippen LogP contribution >= 0.6 is 0 Å². The summed E-state index contributed by atoms with van der Waals surface area (Å²) in [7, 11) is 0. The van der Waals surface area contributed by atoms with E-state index in [1.165, 1.54) is 41.8 Å². The van der Waals surface area contributed by atoms with Crippen LogP contribution in [-0.4, -0.2) is 40.9 Å². The van der Waals surface area contributed by atoms with Crippen molar-refractivity contribution in [3.8, 4) is 17.2 Å². The molecule has 4 nitrogen and oxygen atoms in total. The zero-order chi connectivity index (χ0) is 22.9. The summed E-state index contributed by atoms with van der Waals surface area (Å²) in [5.41, 5.74) is 4.89. The number of aromatic hydroxyl groups is 2. The third-order valence-corrected chi connectivity index (χ3v) is 7.43. The number of rotatable bonds is 6. The molecule has 0 spiro atoms. The topological polar surface area (TPSA) is 52.9 Å². The molecule has 2 N–H and O–H groups in total. The predicted octanol–water partition coefficient (Wildman–Crippen LogP) is 5.68. The van der Waals surface area contributed by atoms with Gasteiger partial charge >= 0.3 is 0 Å². The van der Waals surface area contributed by atoms with Crippen LogP contribution in [0, 0.1) is 5.92 Å². The Morgan fingerprint density at radius 1 is 0.939 bits per heavy atom. The molecule has 0 saturated carbocycles. The van der Waals surface area contributed by atoms with Crippen molar-refractivity contribution in [2.45, 2.75) is 44.6 Å². The normalized spacial score (nSPS) is 23.4. The number of nitrogens with zero attached hydrogens (tertiary/aromatic N) is 1. The highest BCUT2D eigenvalue weighted by Crippen LogP contribution is 2.48. The smallest absolute Gasteiger partial charge is 0.119 e. The molecule has 0 amide bonds. The van der Waals surface area contributed by atoms with Crippen LogP contribution in [-0.2, 0) is 6.42 Å². The second-order valence-corrected chi connectivity index (χ2v) is 9.88. The van der Waals surface area contributed by atoms with Crippen molar-refractivity contribution in [1.82, 2.24) is 4.90 Å². The van der Waals surface area contributed by atoms with Gasteiger partial charge in [0, 0.05) is 18.5 Å². The van der Waals surface area contributed by atoms with E-state index in [1.54, 1.807) is 18.2 Å². The van der Waals surface area contributed by atoms with Gasteiger partial charge in [-0.25, -0.2) is 0 Å². The Bertz CT molecular complexity index is 1090. The SMILES string of the molecule is C[C@@H]1CCN([C@@H](C)COc2ccc(C3c4ccc(O)cc4CC3c3ccc(O)cc3)cc2)C1. The van der Waals surface area contributed by atoms with Crippen LogP contribution < -0.4 is 4.74 Å². The van der Waals surface area contributed by atoms with E-state index in [0.29, 0.717) is 18.4 Å². The first-order valence-electron chi connectivity index (χ1n) is 12.1. The third kappa shape index (κ3) is 4.58. The number of hydrogen-bond donors (Lipinski definition) is 2. The molecule has 2 aliphatic rings. The number of benzene rings is 3. The van der Waals surface area contributed by atoms with Crippen LogP contribution in [0.3, 0.4) is 0 Å². The summed E-state index contributed by atoms with van der Waals surface area (Å²) in [5.74, 6) is 2.73. The van der Waals surface area contributed by atoms with Crippen molar-refractivity contribution in [3.05, 3.63) is 89.0 Å². The highest BCUT2D eigenvalue weighted by molar-refractivity contribution is 5.51. The van der Waals surface area contributed by atoms with Crippen LogP contribution in [0.15, 0.2) is 66.7 Å². The van der Waals surface area contributed by atoms with Crippen molar-refractivity contribution in [2.75, 3.05) is 19.7 Å². The zero-order valence-electron chi connectivity index (χ0n) is 19.4. The van der Waals surface area contributed by atoms with Crippen LogP contribution in [0.1, 0.15) is 54.4 Å². The summed E-state index contributed by atoms with van der Waals surface area (Å²) in [5, 5.41) is 19.8. The molecule has 1 aliphatic heterocycles. The second kappa shape index (κ2) is 9.11. The van der Waals surface area contributed by atoms with E-state index in [0.717, 1.165) is 18.1 Å². The molecular formula is C29H33NO3. The lowest BCUT2D eigenvalue weighted by molar-refractivity contribution is 0.169. The quantitative estimate of drug-likeness (QED) is 0.515. The first-order valence-corrected chi connectivity index (χ1v) is 12.1. The van der Waals surface area contributed by atoms with Gasteiger partial charge in [0.1, 0.15) is 23.9 Å². The number of phenols is 2.